The van der Waals surface area contributed by atoms with Gasteiger partial charge in [-0.15, -0.1) is 0 Å². The normalized spacial score (nSPS) is 26.2. The lowest BCUT2D eigenvalue weighted by atomic mass is 9.74. The van der Waals surface area contributed by atoms with Crippen LogP contribution in [0.5, 0.6) is 0 Å². The molecule has 4 unspecified atom stereocenters. The number of carbonyl (C=O) groups is 1. The molecule has 41 heavy (non-hydrogen) atoms. The van der Waals surface area contributed by atoms with E-state index in [2.05, 4.69) is 25.1 Å². The van der Waals surface area contributed by atoms with Crippen LogP contribution in [0, 0.1) is 11.8 Å². The largest absolute Gasteiger partial charge is 0.411 e. The summed E-state index contributed by atoms with van der Waals surface area (Å²) in [6.07, 6.45) is 12.1. The highest BCUT2D eigenvalue weighted by Gasteiger charge is 2.49. The standard InChI is InChI=1S/C16H14ClN3O.C16H13ClN2O/c17-12-5-11-7(6-18-12)1-2-10-13-15(19-14(10)11)8-3-4-9(8)16(13)20-21;17-12-5-11-7(6-18-12)1-2-10-13-15(19-14(10)11)8-3-4-9(8)16(13)20/h5-6,8-9,19,21H,1-4H2;5-6,8-9,19H,1-4H2. The highest BCUT2D eigenvalue weighted by molar-refractivity contribution is 6.30. The number of ketones is 1. The summed E-state index contributed by atoms with van der Waals surface area (Å²) in [5.74, 6) is 2.02. The van der Waals surface area contributed by atoms with Gasteiger partial charge in [0.1, 0.15) is 10.3 Å². The van der Waals surface area contributed by atoms with Crippen LogP contribution in [-0.2, 0) is 25.7 Å². The van der Waals surface area contributed by atoms with Gasteiger partial charge in [0.05, 0.1) is 11.4 Å². The lowest BCUT2D eigenvalue weighted by molar-refractivity contribution is 0.0857. The Kier molecular flexibility index (Phi) is 5.05. The molecule has 6 aliphatic rings. The van der Waals surface area contributed by atoms with Gasteiger partial charge in [0.15, 0.2) is 5.78 Å². The van der Waals surface area contributed by atoms with Crippen molar-refractivity contribution in [2.45, 2.75) is 63.2 Å². The van der Waals surface area contributed by atoms with Crippen molar-refractivity contribution < 1.29 is 10.0 Å². The van der Waals surface area contributed by atoms with Crippen LogP contribution in [0.2, 0.25) is 10.3 Å². The van der Waals surface area contributed by atoms with Crippen LogP contribution in [0.1, 0.15) is 87.1 Å². The van der Waals surface area contributed by atoms with Crippen molar-refractivity contribution in [2.24, 2.45) is 17.0 Å². The second-order valence-electron chi connectivity index (χ2n) is 12.3. The van der Waals surface area contributed by atoms with Crippen molar-refractivity contribution in [3.63, 3.8) is 0 Å². The summed E-state index contributed by atoms with van der Waals surface area (Å²) in [7, 11) is 0. The molecule has 0 bridgehead atoms. The molecule has 2 saturated carbocycles. The average molecular weight is 585 g/mol. The van der Waals surface area contributed by atoms with E-state index in [4.69, 9.17) is 23.2 Å². The second kappa shape index (κ2) is 8.55. The zero-order valence-corrected chi connectivity index (χ0v) is 23.7. The molecule has 0 aliphatic heterocycles. The van der Waals surface area contributed by atoms with E-state index in [1.54, 1.807) is 0 Å². The molecule has 10 rings (SSSR count). The minimum Gasteiger partial charge on any atom is -0.411 e. The van der Waals surface area contributed by atoms with Gasteiger partial charge >= 0.3 is 0 Å². The molecule has 206 valence electrons. The Morgan fingerprint density at radius 2 is 1.24 bits per heavy atom. The fraction of sp³-hybridized carbons (Fsp3) is 0.375. The van der Waals surface area contributed by atoms with Crippen molar-refractivity contribution >= 4 is 34.7 Å². The fourth-order valence-electron chi connectivity index (χ4n) is 8.34. The summed E-state index contributed by atoms with van der Waals surface area (Å²) in [5.41, 5.74) is 15.0. The minimum absolute atomic E-state index is 0.268. The van der Waals surface area contributed by atoms with Gasteiger partial charge in [0.2, 0.25) is 0 Å². The van der Waals surface area contributed by atoms with Crippen molar-refractivity contribution in [1.82, 2.24) is 19.9 Å². The number of aromatic nitrogens is 4. The van der Waals surface area contributed by atoms with Gasteiger partial charge < -0.3 is 15.2 Å². The number of fused-ring (bicyclic) bond motifs is 14. The third kappa shape index (κ3) is 3.22. The second-order valence-corrected chi connectivity index (χ2v) is 13.1. The van der Waals surface area contributed by atoms with Gasteiger partial charge in [0.25, 0.3) is 0 Å². The number of hydrogen-bond donors (Lipinski definition) is 3. The van der Waals surface area contributed by atoms with Gasteiger partial charge in [-0.25, -0.2) is 9.97 Å². The maximum Gasteiger partial charge on any atom is 0.168 e. The van der Waals surface area contributed by atoms with Crippen LogP contribution in [-0.4, -0.2) is 36.6 Å². The van der Waals surface area contributed by atoms with Crippen LogP contribution in [0.25, 0.3) is 22.5 Å². The number of carbonyl (C=O) groups excluding carboxylic acids is 1. The first kappa shape index (κ1) is 24.2. The fourth-order valence-corrected chi connectivity index (χ4v) is 8.65. The Morgan fingerprint density at radius 3 is 1.78 bits per heavy atom. The van der Waals surface area contributed by atoms with E-state index in [9.17, 15) is 10.0 Å². The molecule has 0 spiro atoms. The summed E-state index contributed by atoms with van der Waals surface area (Å²) in [5, 5.41) is 14.1. The topological polar surface area (TPSA) is 107 Å². The number of oxime groups is 1. The third-order valence-corrected chi connectivity index (χ3v) is 11.0. The lowest BCUT2D eigenvalue weighted by Crippen LogP contribution is -2.25. The van der Waals surface area contributed by atoms with Gasteiger partial charge in [-0.2, -0.15) is 0 Å². The van der Waals surface area contributed by atoms with Gasteiger partial charge in [0, 0.05) is 75.4 Å². The number of Topliss-reactive ketones (excluding diaryl/α,β-unsaturated/α-hetero) is 1. The molecule has 0 aromatic carbocycles. The van der Waals surface area contributed by atoms with Crippen LogP contribution in [0.15, 0.2) is 29.7 Å². The molecule has 4 heterocycles. The minimum atomic E-state index is 0.268. The first-order valence-electron chi connectivity index (χ1n) is 14.6. The highest BCUT2D eigenvalue weighted by atomic mass is 35.5. The Hall–Kier alpha value is -3.42. The molecule has 3 N–H and O–H groups in total. The molecule has 4 aromatic rings. The Labute approximate surface area is 246 Å². The van der Waals surface area contributed by atoms with E-state index >= 15 is 0 Å². The van der Waals surface area contributed by atoms with E-state index in [1.807, 2.05) is 24.5 Å². The van der Waals surface area contributed by atoms with E-state index in [-0.39, 0.29) is 5.92 Å². The molecule has 4 atom stereocenters. The summed E-state index contributed by atoms with van der Waals surface area (Å²) < 4.78 is 0. The molecular formula is C32H27Cl2N5O2. The number of H-pyrrole nitrogens is 2. The van der Waals surface area contributed by atoms with Crippen molar-refractivity contribution in [3.05, 3.63) is 79.6 Å². The Bertz CT molecular complexity index is 1850. The van der Waals surface area contributed by atoms with Crippen LogP contribution in [0.4, 0.5) is 0 Å². The number of pyridine rings is 2. The molecule has 0 saturated heterocycles. The first-order valence-corrected chi connectivity index (χ1v) is 15.3. The number of nitrogens with zero attached hydrogens (tertiary/aromatic N) is 3. The van der Waals surface area contributed by atoms with Gasteiger partial charge in [-0.05, 0) is 85.8 Å². The summed E-state index contributed by atoms with van der Waals surface area (Å²) in [4.78, 5) is 28.0. The van der Waals surface area contributed by atoms with Crippen LogP contribution in [0.3, 0.4) is 0 Å². The molecule has 9 heteroatoms. The number of nitrogens with one attached hydrogen (secondary N) is 2. The van der Waals surface area contributed by atoms with Gasteiger partial charge in [-0.1, -0.05) is 28.4 Å². The Balaban J connectivity index is 0.000000117. The predicted octanol–water partition coefficient (Wildman–Crippen LogP) is 7.03. The molecular weight excluding hydrogens is 557 g/mol. The van der Waals surface area contributed by atoms with Crippen LogP contribution >= 0.6 is 23.2 Å². The number of aryl methyl sites for hydroxylation is 2. The predicted molar refractivity (Wildman–Crippen MR) is 156 cm³/mol. The van der Waals surface area contributed by atoms with E-state index in [1.165, 1.54) is 45.6 Å². The van der Waals surface area contributed by atoms with E-state index in [0.717, 1.165) is 78.7 Å². The van der Waals surface area contributed by atoms with Gasteiger partial charge in [-0.3, -0.25) is 4.79 Å². The molecule has 0 amide bonds. The Morgan fingerprint density at radius 1 is 0.732 bits per heavy atom. The molecule has 0 radical (unpaired) electrons. The third-order valence-electron chi connectivity index (χ3n) is 10.6. The maximum absolute atomic E-state index is 12.5. The molecule has 4 aromatic heterocycles. The number of aromatic amines is 2. The van der Waals surface area contributed by atoms with Crippen molar-refractivity contribution in [3.8, 4) is 22.5 Å². The van der Waals surface area contributed by atoms with E-state index in [0.29, 0.717) is 33.8 Å². The zero-order valence-electron chi connectivity index (χ0n) is 22.2. The summed E-state index contributed by atoms with van der Waals surface area (Å²) in [6, 6.07) is 3.86. The smallest absolute Gasteiger partial charge is 0.168 e. The zero-order chi connectivity index (χ0) is 27.6. The molecule has 6 aliphatic carbocycles. The summed E-state index contributed by atoms with van der Waals surface area (Å²) in [6.45, 7) is 0. The molecule has 2 fully saturated rings. The quantitative estimate of drug-likeness (QED) is 0.117. The first-order chi connectivity index (χ1) is 20.0. The monoisotopic (exact) mass is 583 g/mol. The summed E-state index contributed by atoms with van der Waals surface area (Å²) >= 11 is 12.1. The number of halogens is 2. The lowest BCUT2D eigenvalue weighted by Gasteiger charge is -2.30. The highest BCUT2D eigenvalue weighted by Crippen LogP contribution is 2.55. The molecule has 7 nitrogen and oxygen atoms in total. The SMILES string of the molecule is O=C1c2c([nH]c3c2CCc2cnc(Cl)cc2-3)C2CCC12.ON=C1c2c([nH]c3c2CCc2cnc(Cl)cc2-3)C2CCC12. The number of rotatable bonds is 0. The van der Waals surface area contributed by atoms with Crippen molar-refractivity contribution in [1.29, 1.82) is 0 Å². The average Bonchev–Trinajstić information content (AvgIpc) is 3.59. The number of hydrogen-bond acceptors (Lipinski definition) is 5. The van der Waals surface area contributed by atoms with Crippen LogP contribution < -0.4 is 0 Å². The van der Waals surface area contributed by atoms with Crippen molar-refractivity contribution in [2.75, 3.05) is 0 Å². The maximum atomic E-state index is 12.5. The van der Waals surface area contributed by atoms with E-state index < -0.39 is 0 Å².